The van der Waals surface area contributed by atoms with Crippen molar-refractivity contribution in [3.05, 3.63) is 36.3 Å². The van der Waals surface area contributed by atoms with Crippen LogP contribution in [0.4, 0.5) is 5.69 Å². The first kappa shape index (κ1) is 13.0. The Labute approximate surface area is 119 Å². The highest BCUT2D eigenvalue weighted by molar-refractivity contribution is 5.42. The molecule has 0 spiro atoms. The Morgan fingerprint density at radius 3 is 2.85 bits per heavy atom. The SMILES string of the molecule is COc1ccc(NCc2ccn(C3CCCC3)n2)cn1. The monoisotopic (exact) mass is 272 g/mol. The van der Waals surface area contributed by atoms with Crippen molar-refractivity contribution in [1.29, 1.82) is 0 Å². The van der Waals surface area contributed by atoms with Gasteiger partial charge in [-0.1, -0.05) is 12.8 Å². The van der Waals surface area contributed by atoms with Gasteiger partial charge < -0.3 is 10.1 Å². The normalized spacial score (nSPS) is 15.4. The Balaban J connectivity index is 1.57. The molecule has 2 aromatic heterocycles. The summed E-state index contributed by atoms with van der Waals surface area (Å²) in [5.74, 6) is 0.626. The van der Waals surface area contributed by atoms with Crippen molar-refractivity contribution in [2.45, 2.75) is 38.3 Å². The van der Waals surface area contributed by atoms with E-state index < -0.39 is 0 Å². The largest absolute Gasteiger partial charge is 0.481 e. The Bertz CT molecular complexity index is 543. The number of ether oxygens (including phenoxy) is 1. The van der Waals surface area contributed by atoms with E-state index in [1.54, 1.807) is 13.3 Å². The predicted molar refractivity (Wildman–Crippen MR) is 77.8 cm³/mol. The average Bonchev–Trinajstić information content (AvgIpc) is 3.16. The van der Waals surface area contributed by atoms with Gasteiger partial charge in [-0.2, -0.15) is 5.10 Å². The average molecular weight is 272 g/mol. The topological polar surface area (TPSA) is 52.0 Å². The highest BCUT2D eigenvalue weighted by atomic mass is 16.5. The minimum absolute atomic E-state index is 0.603. The van der Waals surface area contributed by atoms with Crippen LogP contribution in [0.25, 0.3) is 0 Å². The molecule has 0 unspecified atom stereocenters. The van der Waals surface area contributed by atoms with Crippen LogP contribution in [0, 0.1) is 0 Å². The summed E-state index contributed by atoms with van der Waals surface area (Å²) in [7, 11) is 1.62. The number of hydrogen-bond donors (Lipinski definition) is 1. The molecule has 0 atom stereocenters. The molecule has 1 saturated carbocycles. The van der Waals surface area contributed by atoms with Crippen LogP contribution < -0.4 is 10.1 Å². The summed E-state index contributed by atoms with van der Waals surface area (Å²) in [5, 5.41) is 7.97. The van der Waals surface area contributed by atoms with Crippen molar-refractivity contribution in [1.82, 2.24) is 14.8 Å². The predicted octanol–water partition coefficient (Wildman–Crippen LogP) is 3.01. The first-order chi connectivity index (χ1) is 9.85. The zero-order valence-corrected chi connectivity index (χ0v) is 11.7. The van der Waals surface area contributed by atoms with Gasteiger partial charge in [-0.3, -0.25) is 4.68 Å². The number of rotatable bonds is 5. The van der Waals surface area contributed by atoms with Crippen LogP contribution in [0.2, 0.25) is 0 Å². The molecule has 1 aliphatic carbocycles. The van der Waals surface area contributed by atoms with Crippen molar-refractivity contribution >= 4 is 5.69 Å². The van der Waals surface area contributed by atoms with E-state index in [9.17, 15) is 0 Å². The molecule has 0 radical (unpaired) electrons. The highest BCUT2D eigenvalue weighted by Gasteiger charge is 2.17. The van der Waals surface area contributed by atoms with Crippen LogP contribution in [-0.2, 0) is 6.54 Å². The van der Waals surface area contributed by atoms with Crippen molar-refractivity contribution in [3.8, 4) is 5.88 Å². The molecule has 0 aromatic carbocycles. The lowest BCUT2D eigenvalue weighted by Crippen LogP contribution is -2.07. The third-order valence-electron chi connectivity index (χ3n) is 3.78. The lowest BCUT2D eigenvalue weighted by Gasteiger charge is -2.09. The fourth-order valence-corrected chi connectivity index (χ4v) is 2.64. The molecule has 5 nitrogen and oxygen atoms in total. The smallest absolute Gasteiger partial charge is 0.213 e. The minimum Gasteiger partial charge on any atom is -0.481 e. The molecular formula is C15H20N4O. The summed E-state index contributed by atoms with van der Waals surface area (Å²) < 4.78 is 7.16. The number of pyridine rings is 1. The van der Waals surface area contributed by atoms with Crippen molar-refractivity contribution in [3.63, 3.8) is 0 Å². The fraction of sp³-hybridized carbons (Fsp3) is 0.467. The third kappa shape index (κ3) is 2.92. The van der Waals surface area contributed by atoms with Crippen molar-refractivity contribution < 1.29 is 4.74 Å². The van der Waals surface area contributed by atoms with Crippen molar-refractivity contribution in [2.24, 2.45) is 0 Å². The number of aromatic nitrogens is 3. The molecule has 3 rings (SSSR count). The van der Waals surface area contributed by atoms with Crippen LogP contribution in [0.1, 0.15) is 37.4 Å². The molecule has 1 fully saturated rings. The van der Waals surface area contributed by atoms with Gasteiger partial charge in [0.1, 0.15) is 0 Å². The maximum Gasteiger partial charge on any atom is 0.213 e. The number of nitrogens with one attached hydrogen (secondary N) is 1. The summed E-state index contributed by atoms with van der Waals surface area (Å²) in [4.78, 5) is 4.17. The van der Waals surface area contributed by atoms with E-state index in [-0.39, 0.29) is 0 Å². The molecule has 20 heavy (non-hydrogen) atoms. The third-order valence-corrected chi connectivity index (χ3v) is 3.78. The molecule has 2 heterocycles. The molecule has 1 aliphatic rings. The molecular weight excluding hydrogens is 252 g/mol. The van der Waals surface area contributed by atoms with E-state index in [2.05, 4.69) is 32.3 Å². The first-order valence-corrected chi connectivity index (χ1v) is 7.13. The summed E-state index contributed by atoms with van der Waals surface area (Å²) in [6.45, 7) is 0.716. The summed E-state index contributed by atoms with van der Waals surface area (Å²) in [5.41, 5.74) is 2.04. The number of nitrogens with zero attached hydrogens (tertiary/aromatic N) is 3. The zero-order chi connectivity index (χ0) is 13.8. The van der Waals surface area contributed by atoms with Gasteiger partial charge in [0.15, 0.2) is 0 Å². The summed E-state index contributed by atoms with van der Waals surface area (Å²) in [6.07, 6.45) is 9.05. The van der Waals surface area contributed by atoms with Gasteiger partial charge in [-0.15, -0.1) is 0 Å². The summed E-state index contributed by atoms with van der Waals surface area (Å²) >= 11 is 0. The molecule has 0 saturated heterocycles. The van der Waals surface area contributed by atoms with E-state index in [4.69, 9.17) is 4.74 Å². The lowest BCUT2D eigenvalue weighted by molar-refractivity contribution is 0.398. The second-order valence-corrected chi connectivity index (χ2v) is 5.17. The van der Waals surface area contributed by atoms with Crippen molar-refractivity contribution in [2.75, 3.05) is 12.4 Å². The van der Waals surface area contributed by atoms with Gasteiger partial charge >= 0.3 is 0 Å². The Hall–Kier alpha value is -2.04. The Morgan fingerprint density at radius 2 is 2.15 bits per heavy atom. The number of anilines is 1. The second kappa shape index (κ2) is 5.94. The molecule has 2 aromatic rings. The van der Waals surface area contributed by atoms with E-state index in [0.29, 0.717) is 18.5 Å². The van der Waals surface area contributed by atoms with Crippen LogP contribution in [0.15, 0.2) is 30.6 Å². The van der Waals surface area contributed by atoms with E-state index in [0.717, 1.165) is 11.4 Å². The van der Waals surface area contributed by atoms with Gasteiger partial charge in [0.25, 0.3) is 0 Å². The van der Waals surface area contributed by atoms with E-state index in [1.165, 1.54) is 25.7 Å². The minimum atomic E-state index is 0.603. The Morgan fingerprint density at radius 1 is 1.30 bits per heavy atom. The van der Waals surface area contributed by atoms with Gasteiger partial charge in [-0.25, -0.2) is 4.98 Å². The van der Waals surface area contributed by atoms with E-state index in [1.807, 2.05) is 12.1 Å². The molecule has 106 valence electrons. The quantitative estimate of drug-likeness (QED) is 0.909. The first-order valence-electron chi connectivity index (χ1n) is 7.13. The number of hydrogen-bond acceptors (Lipinski definition) is 4. The van der Waals surface area contributed by atoms with Crippen LogP contribution in [-0.4, -0.2) is 21.9 Å². The van der Waals surface area contributed by atoms with Crippen LogP contribution in [0.3, 0.4) is 0 Å². The van der Waals surface area contributed by atoms with Gasteiger partial charge in [0.05, 0.1) is 37.3 Å². The molecule has 0 bridgehead atoms. The fourth-order valence-electron chi connectivity index (χ4n) is 2.64. The lowest BCUT2D eigenvalue weighted by atomic mass is 10.3. The van der Waals surface area contributed by atoms with Gasteiger partial charge in [-0.05, 0) is 25.0 Å². The van der Waals surface area contributed by atoms with E-state index >= 15 is 0 Å². The maximum absolute atomic E-state index is 5.04. The maximum atomic E-state index is 5.04. The highest BCUT2D eigenvalue weighted by Crippen LogP contribution is 2.28. The van der Waals surface area contributed by atoms with Crippen LogP contribution in [0.5, 0.6) is 5.88 Å². The second-order valence-electron chi connectivity index (χ2n) is 5.17. The van der Waals surface area contributed by atoms with Gasteiger partial charge in [0, 0.05) is 12.3 Å². The zero-order valence-electron chi connectivity index (χ0n) is 11.7. The molecule has 0 amide bonds. The summed E-state index contributed by atoms with van der Waals surface area (Å²) in [6, 6.07) is 6.49. The molecule has 5 heteroatoms. The Kier molecular flexibility index (Phi) is 3.85. The molecule has 1 N–H and O–H groups in total. The standard InChI is InChI=1S/C15H20N4O/c1-20-15-7-6-12(10-17-15)16-11-13-8-9-19(18-13)14-4-2-3-5-14/h6-10,14,16H,2-5,11H2,1H3. The van der Waals surface area contributed by atoms with Crippen LogP contribution >= 0.6 is 0 Å². The number of methoxy groups -OCH3 is 1. The molecule has 0 aliphatic heterocycles. The van der Waals surface area contributed by atoms with Gasteiger partial charge in [0.2, 0.25) is 5.88 Å².